The molecular formula is C77H51N5. The summed E-state index contributed by atoms with van der Waals surface area (Å²) in [6.45, 7) is 2.20. The van der Waals surface area contributed by atoms with Crippen LogP contribution in [-0.4, -0.2) is 23.7 Å². The summed E-state index contributed by atoms with van der Waals surface area (Å²) >= 11 is 0. The molecule has 0 aliphatic heterocycles. The predicted octanol–water partition coefficient (Wildman–Crippen LogP) is 20.1. The van der Waals surface area contributed by atoms with Crippen LogP contribution in [-0.2, 0) is 0 Å². The molecule has 384 valence electrons. The van der Waals surface area contributed by atoms with E-state index >= 15 is 0 Å². The number of rotatable bonds is 9. The van der Waals surface area contributed by atoms with E-state index in [1.807, 2.05) is 6.07 Å². The van der Waals surface area contributed by atoms with Crippen LogP contribution in [0.2, 0.25) is 0 Å². The summed E-state index contributed by atoms with van der Waals surface area (Å²) < 4.78 is 7.31. The summed E-state index contributed by atoms with van der Waals surface area (Å²) in [5.74, 6) is 0.669. The molecule has 0 amide bonds. The third-order valence-corrected chi connectivity index (χ3v) is 16.6. The molecule has 4 heterocycles. The van der Waals surface area contributed by atoms with E-state index in [4.69, 9.17) is 9.97 Å². The van der Waals surface area contributed by atoms with Gasteiger partial charge in [0, 0.05) is 71.5 Å². The van der Waals surface area contributed by atoms with Gasteiger partial charge >= 0.3 is 0 Å². The van der Waals surface area contributed by atoms with E-state index in [9.17, 15) is 0 Å². The molecule has 0 radical (unpaired) electrons. The second-order valence-corrected chi connectivity index (χ2v) is 21.3. The number of fused-ring (bicyclic) bond motifs is 9. The molecule has 0 saturated carbocycles. The Bertz CT molecular complexity index is 4800. The van der Waals surface area contributed by atoms with E-state index < -0.39 is 0 Å². The van der Waals surface area contributed by atoms with Crippen LogP contribution in [0.15, 0.2) is 291 Å². The van der Waals surface area contributed by atoms with Crippen LogP contribution in [0.25, 0.3) is 150 Å². The van der Waals surface area contributed by atoms with E-state index in [0.717, 1.165) is 78.4 Å². The molecule has 16 aromatic rings. The molecule has 0 spiro atoms. The molecule has 0 fully saturated rings. The Kier molecular flexibility index (Phi) is 11.0. The lowest BCUT2D eigenvalue weighted by molar-refractivity contribution is 1.16. The lowest BCUT2D eigenvalue weighted by Crippen LogP contribution is -2.03. The minimum atomic E-state index is 0.669. The summed E-state index contributed by atoms with van der Waals surface area (Å²) in [4.78, 5) is 10.7. The molecule has 0 bridgehead atoms. The first kappa shape index (κ1) is 47.1. The fraction of sp³-hybridized carbons (Fsp3) is 0.0130. The van der Waals surface area contributed by atoms with Gasteiger partial charge in [0.15, 0.2) is 5.82 Å². The average molecular weight is 1050 g/mol. The molecule has 5 nitrogen and oxygen atoms in total. The van der Waals surface area contributed by atoms with Gasteiger partial charge in [0.05, 0.1) is 50.2 Å². The minimum absolute atomic E-state index is 0.669. The van der Waals surface area contributed by atoms with Gasteiger partial charge in [-0.15, -0.1) is 0 Å². The first-order valence-corrected chi connectivity index (χ1v) is 28.1. The summed E-state index contributed by atoms with van der Waals surface area (Å²) in [6.07, 6.45) is 0. The highest BCUT2D eigenvalue weighted by Gasteiger charge is 2.24. The van der Waals surface area contributed by atoms with Crippen LogP contribution in [0.3, 0.4) is 0 Å². The van der Waals surface area contributed by atoms with Crippen molar-refractivity contribution in [1.82, 2.24) is 23.7 Å². The summed E-state index contributed by atoms with van der Waals surface area (Å²) in [7, 11) is 0. The monoisotopic (exact) mass is 1050 g/mol. The topological polar surface area (TPSA) is 40.6 Å². The molecule has 5 heteroatoms. The Morgan fingerprint density at radius 1 is 0.244 bits per heavy atom. The predicted molar refractivity (Wildman–Crippen MR) is 342 cm³/mol. The van der Waals surface area contributed by atoms with Crippen LogP contribution in [0, 0.1) is 6.92 Å². The van der Waals surface area contributed by atoms with Crippen molar-refractivity contribution in [3.63, 3.8) is 0 Å². The maximum Gasteiger partial charge on any atom is 0.160 e. The molecule has 0 atom stereocenters. The summed E-state index contributed by atoms with van der Waals surface area (Å²) in [6, 6.07) is 106. The number of hydrogen-bond acceptors (Lipinski definition) is 2. The van der Waals surface area contributed by atoms with Gasteiger partial charge in [-0.25, -0.2) is 9.97 Å². The number of benzene rings is 12. The molecule has 16 rings (SSSR count). The molecule has 0 unspecified atom stereocenters. The van der Waals surface area contributed by atoms with Crippen molar-refractivity contribution >= 4 is 65.4 Å². The first-order valence-electron chi connectivity index (χ1n) is 28.1. The zero-order valence-electron chi connectivity index (χ0n) is 44.9. The highest BCUT2D eigenvalue weighted by atomic mass is 15.0. The second kappa shape index (κ2) is 19.2. The van der Waals surface area contributed by atoms with Crippen molar-refractivity contribution in [3.05, 3.63) is 297 Å². The van der Waals surface area contributed by atoms with Crippen molar-refractivity contribution in [3.8, 4) is 84.3 Å². The van der Waals surface area contributed by atoms with Gasteiger partial charge in [0.25, 0.3) is 0 Å². The second-order valence-electron chi connectivity index (χ2n) is 21.3. The van der Waals surface area contributed by atoms with Crippen LogP contribution < -0.4 is 0 Å². The highest BCUT2D eigenvalue weighted by Crippen LogP contribution is 2.46. The Morgan fingerprint density at radius 2 is 0.622 bits per heavy atom. The van der Waals surface area contributed by atoms with E-state index in [2.05, 4.69) is 306 Å². The zero-order valence-corrected chi connectivity index (χ0v) is 44.9. The number of para-hydroxylation sites is 5. The van der Waals surface area contributed by atoms with E-state index in [-0.39, 0.29) is 0 Å². The van der Waals surface area contributed by atoms with Gasteiger partial charge in [-0.05, 0) is 120 Å². The van der Waals surface area contributed by atoms with E-state index in [0.29, 0.717) is 5.82 Å². The fourth-order valence-electron chi connectivity index (χ4n) is 12.8. The van der Waals surface area contributed by atoms with Gasteiger partial charge in [-0.2, -0.15) is 0 Å². The van der Waals surface area contributed by atoms with Crippen LogP contribution in [0.5, 0.6) is 0 Å². The Balaban J connectivity index is 0.995. The SMILES string of the molecule is Cc1ccccc1-c1ccc2c(c1)c1ccccc1n2-c1c(-c2ccc(-n3c4ccccc4c4ccccc43)cc2)cc(-c2cc(-c3ccccc3)nc(-c3ccccc3)n2)cc1-c1ccc(-n2c3ccccc3c3ccccc32)cc1. The Labute approximate surface area is 474 Å². The first-order chi connectivity index (χ1) is 40.6. The van der Waals surface area contributed by atoms with Crippen molar-refractivity contribution in [2.24, 2.45) is 0 Å². The van der Waals surface area contributed by atoms with Gasteiger partial charge in [-0.3, -0.25) is 0 Å². The number of aryl methyl sites for hydroxylation is 1. The number of nitrogens with zero attached hydrogens (tertiary/aromatic N) is 5. The van der Waals surface area contributed by atoms with Crippen molar-refractivity contribution < 1.29 is 0 Å². The molecule has 82 heavy (non-hydrogen) atoms. The molecule has 0 N–H and O–H groups in total. The lowest BCUT2D eigenvalue weighted by Gasteiger charge is -2.22. The third kappa shape index (κ3) is 7.70. The molecule has 0 saturated heterocycles. The Hall–Kier alpha value is -10.9. The smallest absolute Gasteiger partial charge is 0.160 e. The third-order valence-electron chi connectivity index (χ3n) is 16.6. The van der Waals surface area contributed by atoms with E-state index in [1.54, 1.807) is 0 Å². The summed E-state index contributed by atoms with van der Waals surface area (Å²) in [5.41, 5.74) is 22.8. The molecule has 0 aliphatic carbocycles. The highest BCUT2D eigenvalue weighted by molar-refractivity contribution is 6.13. The van der Waals surface area contributed by atoms with Crippen LogP contribution in [0.1, 0.15) is 5.56 Å². The fourth-order valence-corrected chi connectivity index (χ4v) is 12.8. The maximum atomic E-state index is 5.49. The van der Waals surface area contributed by atoms with Crippen molar-refractivity contribution in [2.45, 2.75) is 6.92 Å². The van der Waals surface area contributed by atoms with Gasteiger partial charge in [0.1, 0.15) is 0 Å². The standard InChI is InChI=1S/C77H51N5/c1-50-20-8-9-25-59(50)55-40-45-75-67(46-55)64-30-14-19-35-74(64)82(75)76-65(51-36-41-57(42-37-51)80-70-31-15-10-26-60(70)61-27-11-16-32-71(61)80)47-56(69-49-68(53-21-4-2-5-22-53)78-77(79-69)54-23-6-3-7-24-54)48-66(76)52-38-43-58(44-39-52)81-72-33-17-12-28-62(72)63-29-13-18-34-73(63)81/h2-49H,1H3. The van der Waals surface area contributed by atoms with Gasteiger partial charge in [0.2, 0.25) is 0 Å². The maximum absolute atomic E-state index is 5.49. The zero-order chi connectivity index (χ0) is 54.3. The van der Waals surface area contributed by atoms with Crippen LogP contribution in [0.4, 0.5) is 0 Å². The molecule has 12 aromatic carbocycles. The van der Waals surface area contributed by atoms with E-state index in [1.165, 1.54) is 71.1 Å². The summed E-state index contributed by atoms with van der Waals surface area (Å²) in [5, 5.41) is 7.31. The van der Waals surface area contributed by atoms with Crippen molar-refractivity contribution in [2.75, 3.05) is 0 Å². The molecule has 0 aliphatic rings. The number of aromatic nitrogens is 5. The molecular weight excluding hydrogens is 995 g/mol. The van der Waals surface area contributed by atoms with Gasteiger partial charge in [-0.1, -0.05) is 206 Å². The minimum Gasteiger partial charge on any atom is -0.309 e. The van der Waals surface area contributed by atoms with Crippen LogP contribution >= 0.6 is 0 Å². The lowest BCUT2D eigenvalue weighted by atomic mass is 9.91. The van der Waals surface area contributed by atoms with Gasteiger partial charge < -0.3 is 13.7 Å². The quantitative estimate of drug-likeness (QED) is 0.145. The largest absolute Gasteiger partial charge is 0.309 e. The normalized spacial score (nSPS) is 11.7. The van der Waals surface area contributed by atoms with Crippen molar-refractivity contribution in [1.29, 1.82) is 0 Å². The Morgan fingerprint density at radius 3 is 1.11 bits per heavy atom. The molecule has 4 aromatic heterocycles. The average Bonchev–Trinajstić information content (AvgIpc) is 3.48. The number of hydrogen-bond donors (Lipinski definition) is 0.